The Kier molecular flexibility index (Phi) is 4.24. The Hall–Kier alpha value is -3.21. The molecule has 0 bridgehead atoms. The van der Waals surface area contributed by atoms with Crippen LogP contribution >= 0.6 is 0 Å². The SMILES string of the molecule is NC(=O)c1c(Oc2ccc(F)cc2)ccc(-c2ccccc2)c1F. The van der Waals surface area contributed by atoms with Gasteiger partial charge < -0.3 is 10.5 Å². The highest BCUT2D eigenvalue weighted by Gasteiger charge is 2.20. The van der Waals surface area contributed by atoms with Crippen molar-refractivity contribution in [3.05, 3.63) is 83.9 Å². The summed E-state index contributed by atoms with van der Waals surface area (Å²) in [6.45, 7) is 0. The predicted octanol–water partition coefficient (Wildman–Crippen LogP) is 4.52. The van der Waals surface area contributed by atoms with Gasteiger partial charge in [0.25, 0.3) is 5.91 Å². The number of primary amides is 1. The molecule has 0 spiro atoms. The van der Waals surface area contributed by atoms with Crippen molar-refractivity contribution in [3.63, 3.8) is 0 Å². The molecule has 0 aliphatic rings. The van der Waals surface area contributed by atoms with Crippen LogP contribution in [-0.2, 0) is 0 Å². The maximum Gasteiger partial charge on any atom is 0.255 e. The van der Waals surface area contributed by atoms with Crippen LogP contribution < -0.4 is 10.5 Å². The molecule has 3 aromatic carbocycles. The summed E-state index contributed by atoms with van der Waals surface area (Å²) in [6, 6.07) is 16.9. The minimum atomic E-state index is -0.942. The Balaban J connectivity index is 2.06. The van der Waals surface area contributed by atoms with Gasteiger partial charge in [0.1, 0.15) is 28.7 Å². The van der Waals surface area contributed by atoms with Crippen molar-refractivity contribution in [3.8, 4) is 22.6 Å². The topological polar surface area (TPSA) is 52.3 Å². The number of hydrogen-bond acceptors (Lipinski definition) is 2. The number of halogens is 2. The van der Waals surface area contributed by atoms with Crippen molar-refractivity contribution in [2.45, 2.75) is 0 Å². The Morgan fingerprint density at radius 1 is 0.875 bits per heavy atom. The van der Waals surface area contributed by atoms with Crippen LogP contribution in [0.1, 0.15) is 10.4 Å². The molecule has 3 nitrogen and oxygen atoms in total. The lowest BCUT2D eigenvalue weighted by Gasteiger charge is -2.13. The van der Waals surface area contributed by atoms with Crippen LogP contribution in [0.4, 0.5) is 8.78 Å². The molecule has 3 rings (SSSR count). The first-order valence-electron chi connectivity index (χ1n) is 7.17. The molecule has 24 heavy (non-hydrogen) atoms. The molecule has 0 aliphatic heterocycles. The molecule has 0 atom stereocenters. The van der Waals surface area contributed by atoms with E-state index in [0.717, 1.165) is 0 Å². The van der Waals surface area contributed by atoms with E-state index in [9.17, 15) is 13.6 Å². The maximum atomic E-state index is 14.8. The average Bonchev–Trinajstić information content (AvgIpc) is 2.57. The summed E-state index contributed by atoms with van der Waals surface area (Å²) in [6.07, 6.45) is 0. The lowest BCUT2D eigenvalue weighted by Crippen LogP contribution is -2.15. The second-order valence-corrected chi connectivity index (χ2v) is 5.09. The lowest BCUT2D eigenvalue weighted by atomic mass is 10.0. The fraction of sp³-hybridized carbons (Fsp3) is 0. The fourth-order valence-electron chi connectivity index (χ4n) is 2.34. The molecule has 0 fully saturated rings. The molecule has 120 valence electrons. The summed E-state index contributed by atoms with van der Waals surface area (Å²) in [5.41, 5.74) is 5.84. The van der Waals surface area contributed by atoms with Crippen LogP contribution in [0, 0.1) is 11.6 Å². The summed E-state index contributed by atoms with van der Waals surface area (Å²) in [5, 5.41) is 0. The highest BCUT2D eigenvalue weighted by Crippen LogP contribution is 2.33. The van der Waals surface area contributed by atoms with E-state index in [1.165, 1.54) is 36.4 Å². The summed E-state index contributed by atoms with van der Waals surface area (Å²) in [4.78, 5) is 11.7. The summed E-state index contributed by atoms with van der Waals surface area (Å²) >= 11 is 0. The van der Waals surface area contributed by atoms with Gasteiger partial charge in [-0.05, 0) is 42.0 Å². The van der Waals surface area contributed by atoms with E-state index in [2.05, 4.69) is 0 Å². The molecular weight excluding hydrogens is 312 g/mol. The largest absolute Gasteiger partial charge is 0.456 e. The van der Waals surface area contributed by atoms with Crippen molar-refractivity contribution in [1.82, 2.24) is 0 Å². The summed E-state index contributed by atoms with van der Waals surface area (Å²) in [5.74, 6) is -1.88. The van der Waals surface area contributed by atoms with Crippen molar-refractivity contribution < 1.29 is 18.3 Å². The van der Waals surface area contributed by atoms with E-state index in [1.54, 1.807) is 24.3 Å². The number of hydrogen-bond donors (Lipinski definition) is 1. The number of carbonyl (C=O) groups is 1. The molecule has 0 saturated heterocycles. The van der Waals surface area contributed by atoms with Crippen LogP contribution in [0.3, 0.4) is 0 Å². The normalized spacial score (nSPS) is 10.4. The Labute approximate surface area is 137 Å². The molecular formula is C19H13F2NO2. The molecule has 0 aromatic heterocycles. The van der Waals surface area contributed by atoms with Crippen molar-refractivity contribution in [2.75, 3.05) is 0 Å². The molecule has 2 N–H and O–H groups in total. The Bertz CT molecular complexity index is 878. The van der Waals surface area contributed by atoms with Crippen molar-refractivity contribution in [2.24, 2.45) is 5.73 Å². The number of ether oxygens (including phenoxy) is 1. The van der Waals surface area contributed by atoms with Crippen molar-refractivity contribution >= 4 is 5.91 Å². The van der Waals surface area contributed by atoms with Gasteiger partial charge in [-0.2, -0.15) is 0 Å². The standard InChI is InChI=1S/C19H13F2NO2/c20-13-6-8-14(9-7-13)24-16-11-10-15(12-4-2-1-3-5-12)18(21)17(16)19(22)23/h1-11H,(H2,22,23). The van der Waals surface area contributed by atoms with Gasteiger partial charge in [0.05, 0.1) is 0 Å². The first-order valence-corrected chi connectivity index (χ1v) is 7.17. The third kappa shape index (κ3) is 3.10. The highest BCUT2D eigenvalue weighted by atomic mass is 19.1. The number of nitrogens with two attached hydrogens (primary N) is 1. The molecule has 1 amide bonds. The molecule has 0 saturated carbocycles. The first-order chi connectivity index (χ1) is 11.6. The highest BCUT2D eigenvalue weighted by molar-refractivity contribution is 5.97. The summed E-state index contributed by atoms with van der Waals surface area (Å²) < 4.78 is 33.2. The zero-order valence-corrected chi connectivity index (χ0v) is 12.5. The van der Waals surface area contributed by atoms with Crippen LogP contribution in [0.2, 0.25) is 0 Å². The number of rotatable bonds is 4. The second kappa shape index (κ2) is 6.50. The smallest absolute Gasteiger partial charge is 0.255 e. The van der Waals surface area contributed by atoms with Gasteiger partial charge in [-0.3, -0.25) is 4.79 Å². The van der Waals surface area contributed by atoms with E-state index in [1.807, 2.05) is 6.07 Å². The van der Waals surface area contributed by atoms with E-state index < -0.39 is 17.5 Å². The van der Waals surface area contributed by atoms with E-state index >= 15 is 0 Å². The third-order valence-electron chi connectivity index (χ3n) is 3.48. The van der Waals surface area contributed by atoms with E-state index in [4.69, 9.17) is 10.5 Å². The molecule has 0 aliphatic carbocycles. The zero-order valence-electron chi connectivity index (χ0n) is 12.5. The molecule has 0 heterocycles. The molecule has 5 heteroatoms. The van der Waals surface area contributed by atoms with Gasteiger partial charge in [0.15, 0.2) is 0 Å². The Morgan fingerprint density at radius 2 is 1.54 bits per heavy atom. The maximum absolute atomic E-state index is 14.8. The van der Waals surface area contributed by atoms with Crippen LogP contribution in [0.15, 0.2) is 66.7 Å². The molecule has 3 aromatic rings. The number of benzene rings is 3. The molecule has 0 unspecified atom stereocenters. The number of amides is 1. The van der Waals surface area contributed by atoms with Gasteiger partial charge in [-0.25, -0.2) is 8.78 Å². The van der Waals surface area contributed by atoms with Crippen LogP contribution in [0.5, 0.6) is 11.5 Å². The monoisotopic (exact) mass is 325 g/mol. The van der Waals surface area contributed by atoms with Crippen LogP contribution in [0.25, 0.3) is 11.1 Å². The first kappa shape index (κ1) is 15.7. The van der Waals surface area contributed by atoms with E-state index in [-0.39, 0.29) is 22.6 Å². The van der Waals surface area contributed by atoms with E-state index in [0.29, 0.717) is 5.56 Å². The minimum Gasteiger partial charge on any atom is -0.456 e. The zero-order chi connectivity index (χ0) is 17.1. The quantitative estimate of drug-likeness (QED) is 0.766. The van der Waals surface area contributed by atoms with Gasteiger partial charge in [0.2, 0.25) is 0 Å². The number of carbonyl (C=O) groups excluding carboxylic acids is 1. The lowest BCUT2D eigenvalue weighted by molar-refractivity contribution is 0.0994. The predicted molar refractivity (Wildman–Crippen MR) is 86.8 cm³/mol. The fourth-order valence-corrected chi connectivity index (χ4v) is 2.34. The third-order valence-corrected chi connectivity index (χ3v) is 3.48. The van der Waals surface area contributed by atoms with Gasteiger partial charge >= 0.3 is 0 Å². The molecule has 0 radical (unpaired) electrons. The Morgan fingerprint density at radius 3 is 2.17 bits per heavy atom. The average molecular weight is 325 g/mol. The van der Waals surface area contributed by atoms with Gasteiger partial charge in [0, 0.05) is 5.56 Å². The van der Waals surface area contributed by atoms with Gasteiger partial charge in [-0.1, -0.05) is 30.3 Å². The van der Waals surface area contributed by atoms with Crippen molar-refractivity contribution in [1.29, 1.82) is 0 Å². The van der Waals surface area contributed by atoms with Gasteiger partial charge in [-0.15, -0.1) is 0 Å². The minimum absolute atomic E-state index is 0.0220. The second-order valence-electron chi connectivity index (χ2n) is 5.09. The summed E-state index contributed by atoms with van der Waals surface area (Å²) in [7, 11) is 0. The van der Waals surface area contributed by atoms with Crippen LogP contribution in [-0.4, -0.2) is 5.91 Å².